The molecule has 0 aliphatic heterocycles. The van der Waals surface area contributed by atoms with Gasteiger partial charge in [0.05, 0.1) is 12.8 Å². The summed E-state index contributed by atoms with van der Waals surface area (Å²) in [5.74, 6) is 0.631. The molecule has 4 aromatic rings. The molecule has 0 radical (unpaired) electrons. The van der Waals surface area contributed by atoms with E-state index < -0.39 is 0 Å². The van der Waals surface area contributed by atoms with Gasteiger partial charge in [-0.1, -0.05) is 12.1 Å². The zero-order valence-electron chi connectivity index (χ0n) is 18.7. The number of benzene rings is 2. The van der Waals surface area contributed by atoms with Crippen molar-refractivity contribution in [2.75, 3.05) is 12.4 Å². The highest BCUT2D eigenvalue weighted by Gasteiger charge is 2.17. The summed E-state index contributed by atoms with van der Waals surface area (Å²) in [6.07, 6.45) is 0.548. The number of methoxy groups -OCH3 is 1. The van der Waals surface area contributed by atoms with Crippen LogP contribution in [0.5, 0.6) is 5.75 Å². The van der Waals surface area contributed by atoms with Gasteiger partial charge in [0.15, 0.2) is 0 Å². The first-order chi connectivity index (χ1) is 15.4. The number of aromatic nitrogens is 3. The Bertz CT molecular complexity index is 1350. The molecule has 0 aliphatic rings. The van der Waals surface area contributed by atoms with E-state index in [2.05, 4.69) is 10.4 Å². The number of ether oxygens (including phenoxy) is 1. The third-order valence-electron chi connectivity index (χ3n) is 5.71. The highest BCUT2D eigenvalue weighted by atomic mass is 16.5. The molecule has 1 N–H and O–H groups in total. The Morgan fingerprint density at radius 3 is 2.53 bits per heavy atom. The van der Waals surface area contributed by atoms with Crippen molar-refractivity contribution >= 4 is 17.2 Å². The van der Waals surface area contributed by atoms with Crippen LogP contribution in [0.2, 0.25) is 0 Å². The Labute approximate surface area is 186 Å². The lowest BCUT2D eigenvalue weighted by molar-refractivity contribution is -0.116. The summed E-state index contributed by atoms with van der Waals surface area (Å²) < 4.78 is 8.57. The van der Waals surface area contributed by atoms with Crippen molar-refractivity contribution in [3.05, 3.63) is 81.8 Å². The van der Waals surface area contributed by atoms with Gasteiger partial charge in [0.1, 0.15) is 11.4 Å². The number of nitrogens with one attached hydrogen (secondary N) is 1. The largest absolute Gasteiger partial charge is 0.497 e. The quantitative estimate of drug-likeness (QED) is 0.503. The molecule has 2 aromatic heterocycles. The normalized spacial score (nSPS) is 11.0. The lowest BCUT2D eigenvalue weighted by atomic mass is 10.1. The molecular formula is C25H26N4O3. The van der Waals surface area contributed by atoms with Crippen LogP contribution in [-0.2, 0) is 18.3 Å². The molecule has 164 valence electrons. The minimum atomic E-state index is -0.196. The molecule has 32 heavy (non-hydrogen) atoms. The lowest BCUT2D eigenvalue weighted by Crippen LogP contribution is -2.26. The van der Waals surface area contributed by atoms with Crippen molar-refractivity contribution in [2.45, 2.75) is 26.7 Å². The molecule has 0 bridgehead atoms. The average molecular weight is 431 g/mol. The number of carbonyl (C=O) groups is 1. The maximum atomic E-state index is 13.2. The molecule has 4 rings (SSSR count). The number of rotatable bonds is 6. The molecule has 7 heteroatoms. The fraction of sp³-hybridized carbons (Fsp3) is 0.240. The number of hydrogen-bond acceptors (Lipinski definition) is 4. The fourth-order valence-electron chi connectivity index (χ4n) is 3.79. The van der Waals surface area contributed by atoms with Crippen molar-refractivity contribution in [3.8, 4) is 17.0 Å². The highest BCUT2D eigenvalue weighted by molar-refractivity contribution is 5.90. The van der Waals surface area contributed by atoms with Crippen molar-refractivity contribution < 1.29 is 9.53 Å². The predicted molar refractivity (Wildman–Crippen MR) is 125 cm³/mol. The Kier molecular flexibility index (Phi) is 5.81. The number of nitrogens with zero attached hydrogens (tertiary/aromatic N) is 3. The Hall–Kier alpha value is -3.87. The van der Waals surface area contributed by atoms with E-state index in [1.807, 2.05) is 80.1 Å². The number of anilines is 1. The van der Waals surface area contributed by atoms with Gasteiger partial charge in [0.25, 0.3) is 5.56 Å². The van der Waals surface area contributed by atoms with Crippen molar-refractivity contribution in [3.63, 3.8) is 0 Å². The molecule has 0 fully saturated rings. The Balaban J connectivity index is 1.60. The first kappa shape index (κ1) is 21.4. The molecule has 0 unspecified atom stereocenters. The van der Waals surface area contributed by atoms with E-state index in [4.69, 9.17) is 4.74 Å². The van der Waals surface area contributed by atoms with Gasteiger partial charge in [-0.15, -0.1) is 0 Å². The van der Waals surface area contributed by atoms with Crippen LogP contribution in [0.25, 0.3) is 16.9 Å². The topological polar surface area (TPSA) is 77.6 Å². The molecule has 2 aromatic carbocycles. The summed E-state index contributed by atoms with van der Waals surface area (Å²) in [7, 11) is 3.52. The molecule has 7 nitrogen and oxygen atoms in total. The summed E-state index contributed by atoms with van der Waals surface area (Å²) >= 11 is 0. The van der Waals surface area contributed by atoms with Gasteiger partial charge in [0, 0.05) is 42.0 Å². The van der Waals surface area contributed by atoms with Crippen molar-refractivity contribution in [2.24, 2.45) is 7.05 Å². The second kappa shape index (κ2) is 8.70. The number of aryl methyl sites for hydroxylation is 2. The Morgan fingerprint density at radius 1 is 1.09 bits per heavy atom. The van der Waals surface area contributed by atoms with Gasteiger partial charge >= 0.3 is 0 Å². The second-order valence-corrected chi connectivity index (χ2v) is 7.87. The van der Waals surface area contributed by atoms with E-state index >= 15 is 0 Å². The van der Waals surface area contributed by atoms with Crippen LogP contribution < -0.4 is 15.6 Å². The van der Waals surface area contributed by atoms with Gasteiger partial charge in [0.2, 0.25) is 5.91 Å². The zero-order chi connectivity index (χ0) is 22.8. The average Bonchev–Trinajstić information content (AvgIpc) is 3.23. The first-order valence-corrected chi connectivity index (χ1v) is 10.5. The summed E-state index contributed by atoms with van der Waals surface area (Å²) in [6.45, 7) is 3.87. The second-order valence-electron chi connectivity index (χ2n) is 7.87. The van der Waals surface area contributed by atoms with Crippen molar-refractivity contribution in [1.29, 1.82) is 0 Å². The SMILES string of the molecule is COc1ccc(-c2cc3n(C)c(C)c(CCC(=O)Nc4cccc(C)c4)c(=O)n3n2)cc1. The third-order valence-corrected chi connectivity index (χ3v) is 5.71. The van der Waals surface area contributed by atoms with Gasteiger partial charge in [-0.05, 0) is 62.2 Å². The van der Waals surface area contributed by atoms with Crippen LogP contribution in [0.4, 0.5) is 5.69 Å². The third kappa shape index (κ3) is 4.14. The summed E-state index contributed by atoms with van der Waals surface area (Å²) in [5.41, 5.74) is 5.34. The van der Waals surface area contributed by atoms with E-state index in [-0.39, 0.29) is 17.9 Å². The molecule has 2 heterocycles. The fourth-order valence-corrected chi connectivity index (χ4v) is 3.79. The van der Waals surface area contributed by atoms with Crippen LogP contribution in [0.3, 0.4) is 0 Å². The molecule has 0 spiro atoms. The number of fused-ring (bicyclic) bond motifs is 1. The smallest absolute Gasteiger partial charge is 0.277 e. The minimum absolute atomic E-state index is 0.128. The molecule has 0 atom stereocenters. The number of amides is 1. The van der Waals surface area contributed by atoms with Crippen LogP contribution in [0, 0.1) is 13.8 Å². The molecule has 0 saturated heterocycles. The van der Waals surface area contributed by atoms with Crippen LogP contribution in [0.15, 0.2) is 59.4 Å². The van der Waals surface area contributed by atoms with Gasteiger partial charge in [-0.3, -0.25) is 9.59 Å². The zero-order valence-corrected chi connectivity index (χ0v) is 18.7. The van der Waals surface area contributed by atoms with Gasteiger partial charge < -0.3 is 14.6 Å². The predicted octanol–water partition coefficient (Wildman–Crippen LogP) is 3.90. The Morgan fingerprint density at radius 2 is 1.84 bits per heavy atom. The van der Waals surface area contributed by atoms with Crippen LogP contribution in [0.1, 0.15) is 23.2 Å². The van der Waals surface area contributed by atoms with E-state index in [9.17, 15) is 9.59 Å². The summed E-state index contributed by atoms with van der Waals surface area (Å²) in [4.78, 5) is 25.7. The summed E-state index contributed by atoms with van der Waals surface area (Å²) in [5, 5.41) is 7.45. The molecular weight excluding hydrogens is 404 g/mol. The van der Waals surface area contributed by atoms with Gasteiger partial charge in [-0.25, -0.2) is 0 Å². The number of carbonyl (C=O) groups excluding carboxylic acids is 1. The van der Waals surface area contributed by atoms with E-state index in [0.29, 0.717) is 23.3 Å². The van der Waals surface area contributed by atoms with E-state index in [1.165, 1.54) is 4.52 Å². The van der Waals surface area contributed by atoms with Crippen LogP contribution >= 0.6 is 0 Å². The molecule has 1 amide bonds. The maximum absolute atomic E-state index is 13.2. The highest BCUT2D eigenvalue weighted by Crippen LogP contribution is 2.23. The van der Waals surface area contributed by atoms with E-state index in [0.717, 1.165) is 28.3 Å². The monoisotopic (exact) mass is 430 g/mol. The standard InChI is InChI=1S/C25H26N4O3/c1-16-6-5-7-19(14-16)26-23(30)13-12-21-17(2)28(3)24-15-22(27-29(24)25(21)31)18-8-10-20(32-4)11-9-18/h5-11,14-15H,12-13H2,1-4H3,(H,26,30). The number of hydrogen-bond donors (Lipinski definition) is 1. The summed E-state index contributed by atoms with van der Waals surface area (Å²) in [6, 6.07) is 17.1. The van der Waals surface area contributed by atoms with Gasteiger partial charge in [-0.2, -0.15) is 9.61 Å². The molecule has 0 aliphatic carbocycles. The first-order valence-electron chi connectivity index (χ1n) is 10.5. The minimum Gasteiger partial charge on any atom is -0.497 e. The maximum Gasteiger partial charge on any atom is 0.277 e. The van der Waals surface area contributed by atoms with Crippen LogP contribution in [-0.4, -0.2) is 27.2 Å². The molecule has 0 saturated carbocycles. The lowest BCUT2D eigenvalue weighted by Gasteiger charge is -2.12. The van der Waals surface area contributed by atoms with Crippen molar-refractivity contribution in [1.82, 2.24) is 14.2 Å². The van der Waals surface area contributed by atoms with E-state index in [1.54, 1.807) is 7.11 Å².